The van der Waals surface area contributed by atoms with Gasteiger partial charge in [-0.25, -0.2) is 0 Å². The Morgan fingerprint density at radius 2 is 1.87 bits per heavy atom. The van der Waals surface area contributed by atoms with Gasteiger partial charge in [-0.2, -0.15) is 15.5 Å². The number of nitrogens with zero attached hydrogens (tertiary/aromatic N) is 3. The van der Waals surface area contributed by atoms with Crippen molar-refractivity contribution < 1.29 is 0 Å². The third kappa shape index (κ3) is 3.08. The van der Waals surface area contributed by atoms with E-state index < -0.39 is 0 Å². The molecule has 3 heteroatoms. The highest BCUT2D eigenvalue weighted by molar-refractivity contribution is 6.10. The van der Waals surface area contributed by atoms with Crippen molar-refractivity contribution in [1.82, 2.24) is 0 Å². The van der Waals surface area contributed by atoms with Crippen molar-refractivity contribution in [2.24, 2.45) is 10.4 Å². The second-order valence-electron chi connectivity index (χ2n) is 8.68. The van der Waals surface area contributed by atoms with Gasteiger partial charge in [0.15, 0.2) is 0 Å². The average Bonchev–Trinajstić information content (AvgIpc) is 2.94. The summed E-state index contributed by atoms with van der Waals surface area (Å²) in [6, 6.07) is 16.4. The molecule has 0 radical (unpaired) electrons. The maximum atomic E-state index is 9.52. The Morgan fingerprint density at radius 3 is 2.73 bits per heavy atom. The van der Waals surface area contributed by atoms with E-state index in [9.17, 15) is 10.5 Å². The molecule has 0 fully saturated rings. The number of benzene rings is 2. The predicted molar refractivity (Wildman–Crippen MR) is 119 cm³/mol. The van der Waals surface area contributed by atoms with Crippen molar-refractivity contribution in [1.29, 1.82) is 10.5 Å². The molecule has 0 bridgehead atoms. The molecule has 0 heterocycles. The molecule has 0 amide bonds. The van der Waals surface area contributed by atoms with Crippen molar-refractivity contribution in [3.05, 3.63) is 82.5 Å². The Morgan fingerprint density at radius 1 is 0.967 bits per heavy atom. The zero-order valence-corrected chi connectivity index (χ0v) is 17.0. The van der Waals surface area contributed by atoms with Gasteiger partial charge in [0.05, 0.1) is 17.3 Å². The second kappa shape index (κ2) is 7.43. The number of nitriles is 2. The minimum absolute atomic E-state index is 0.0794. The van der Waals surface area contributed by atoms with Crippen LogP contribution in [0, 0.1) is 28.2 Å². The number of aliphatic imine (C=N–C) groups is 1. The van der Waals surface area contributed by atoms with Crippen LogP contribution in [0.15, 0.2) is 70.8 Å². The smallest absolute Gasteiger partial charge is 0.192 e. The molecule has 0 saturated carbocycles. The van der Waals surface area contributed by atoms with Crippen LogP contribution in [0.1, 0.15) is 55.2 Å². The third-order valence-corrected chi connectivity index (χ3v) is 6.93. The van der Waals surface area contributed by atoms with Crippen molar-refractivity contribution in [2.75, 3.05) is 0 Å². The van der Waals surface area contributed by atoms with Crippen LogP contribution in [-0.2, 0) is 6.42 Å². The van der Waals surface area contributed by atoms with Crippen LogP contribution in [0.2, 0.25) is 0 Å². The van der Waals surface area contributed by atoms with Gasteiger partial charge in [-0.1, -0.05) is 42.0 Å². The molecule has 146 valence electrons. The lowest BCUT2D eigenvalue weighted by atomic mass is 9.74. The maximum Gasteiger partial charge on any atom is 0.205 e. The molecule has 0 aliphatic heterocycles. The summed E-state index contributed by atoms with van der Waals surface area (Å²) < 4.78 is 0. The largest absolute Gasteiger partial charge is 0.205 e. The molecular formula is C27H23N3. The van der Waals surface area contributed by atoms with Crippen molar-refractivity contribution >= 4 is 5.71 Å². The summed E-state index contributed by atoms with van der Waals surface area (Å²) in [5.74, 6) is 0. The fourth-order valence-electron chi connectivity index (χ4n) is 5.54. The van der Waals surface area contributed by atoms with Gasteiger partial charge < -0.3 is 0 Å². The van der Waals surface area contributed by atoms with E-state index in [1.165, 1.54) is 24.0 Å². The maximum absolute atomic E-state index is 9.52. The molecule has 0 saturated heterocycles. The zero-order valence-electron chi connectivity index (χ0n) is 17.0. The summed E-state index contributed by atoms with van der Waals surface area (Å²) in [5.41, 5.74) is 9.11. The molecule has 3 aliphatic carbocycles. The molecule has 2 aromatic carbocycles. The molecule has 1 spiro atoms. The van der Waals surface area contributed by atoms with E-state index in [1.54, 1.807) is 5.57 Å². The summed E-state index contributed by atoms with van der Waals surface area (Å²) in [6.07, 6.45) is 14.4. The van der Waals surface area contributed by atoms with E-state index in [0.29, 0.717) is 5.56 Å². The molecule has 5 rings (SSSR count). The Balaban J connectivity index is 1.59. The van der Waals surface area contributed by atoms with Crippen molar-refractivity contribution in [3.8, 4) is 23.4 Å². The van der Waals surface area contributed by atoms with Crippen LogP contribution in [0.3, 0.4) is 0 Å². The molecule has 1 atom stereocenters. The van der Waals surface area contributed by atoms with Crippen LogP contribution in [0.25, 0.3) is 11.1 Å². The Labute approximate surface area is 177 Å². The minimum atomic E-state index is -0.0794. The van der Waals surface area contributed by atoms with Crippen LogP contribution >= 0.6 is 0 Å². The summed E-state index contributed by atoms with van der Waals surface area (Å²) in [4.78, 5) is 4.41. The Hall–Kier alpha value is -3.43. The first-order chi connectivity index (χ1) is 14.7. The van der Waals surface area contributed by atoms with E-state index >= 15 is 0 Å². The average molecular weight is 390 g/mol. The van der Waals surface area contributed by atoms with Crippen molar-refractivity contribution in [2.45, 2.75) is 44.9 Å². The molecule has 1 unspecified atom stereocenters. The first-order valence-electron chi connectivity index (χ1n) is 10.7. The minimum Gasteiger partial charge on any atom is -0.192 e. The molecule has 2 aromatic rings. The first-order valence-corrected chi connectivity index (χ1v) is 10.7. The number of allylic oxidation sites excluding steroid dienone is 4. The van der Waals surface area contributed by atoms with Crippen LogP contribution < -0.4 is 0 Å². The van der Waals surface area contributed by atoms with Crippen LogP contribution in [-0.4, -0.2) is 5.71 Å². The highest BCUT2D eigenvalue weighted by atomic mass is 14.8. The number of hydrogen-bond donors (Lipinski definition) is 0. The highest BCUT2D eigenvalue weighted by Crippen LogP contribution is 2.50. The summed E-state index contributed by atoms with van der Waals surface area (Å²) in [5, 5.41) is 18.8. The van der Waals surface area contributed by atoms with Gasteiger partial charge in [0.1, 0.15) is 0 Å². The highest BCUT2D eigenvalue weighted by Gasteiger charge is 2.44. The van der Waals surface area contributed by atoms with Crippen LogP contribution in [0.5, 0.6) is 0 Å². The van der Waals surface area contributed by atoms with Gasteiger partial charge >= 0.3 is 0 Å². The van der Waals surface area contributed by atoms with Gasteiger partial charge in [0.2, 0.25) is 6.19 Å². The molecule has 0 aromatic heterocycles. The van der Waals surface area contributed by atoms with Crippen molar-refractivity contribution in [3.63, 3.8) is 0 Å². The summed E-state index contributed by atoms with van der Waals surface area (Å²) >= 11 is 0. The zero-order chi connectivity index (χ0) is 20.6. The SMILES string of the molecule is N#CN=C1c2cc(-c3cccc(C#N)c3)ccc2CC12CCCC1=C(C=CCC1)C2. The fraction of sp³-hybridized carbons (Fsp3) is 0.296. The quantitative estimate of drug-likeness (QED) is 0.541. The number of rotatable bonds is 1. The van der Waals surface area contributed by atoms with Gasteiger partial charge in [0.25, 0.3) is 0 Å². The normalized spacial score (nSPS) is 23.6. The molecule has 0 N–H and O–H groups in total. The summed E-state index contributed by atoms with van der Waals surface area (Å²) in [6.45, 7) is 0. The standard InChI is InChI=1S/C27H23N3/c28-17-19-5-3-8-21(13-19)22-10-11-24-16-27(26(30-18-29)25(24)14-22)12-4-9-20-6-1-2-7-23(20)15-27/h2-3,5,7-8,10-11,13-14H,1,4,6,9,12,15-16H2. The fourth-order valence-corrected chi connectivity index (χ4v) is 5.54. The van der Waals surface area contributed by atoms with E-state index in [0.717, 1.165) is 54.5 Å². The van der Waals surface area contributed by atoms with Crippen LogP contribution in [0.4, 0.5) is 0 Å². The Bertz CT molecular complexity index is 1200. The molecule has 30 heavy (non-hydrogen) atoms. The number of fused-ring (bicyclic) bond motifs is 1. The summed E-state index contributed by atoms with van der Waals surface area (Å²) in [7, 11) is 0. The molecule has 3 aliphatic rings. The van der Waals surface area contributed by atoms with E-state index in [1.807, 2.05) is 24.3 Å². The van der Waals surface area contributed by atoms with E-state index in [-0.39, 0.29) is 5.41 Å². The monoisotopic (exact) mass is 389 g/mol. The topological polar surface area (TPSA) is 59.9 Å². The van der Waals surface area contributed by atoms with E-state index in [2.05, 4.69) is 47.6 Å². The van der Waals surface area contributed by atoms with Gasteiger partial charge in [-0.3, -0.25) is 0 Å². The van der Waals surface area contributed by atoms with E-state index in [4.69, 9.17) is 0 Å². The molecular weight excluding hydrogens is 366 g/mol. The van der Waals surface area contributed by atoms with Gasteiger partial charge in [-0.15, -0.1) is 0 Å². The molecule has 3 nitrogen and oxygen atoms in total. The lowest BCUT2D eigenvalue weighted by Crippen LogP contribution is -2.28. The second-order valence-corrected chi connectivity index (χ2v) is 8.68. The number of hydrogen-bond acceptors (Lipinski definition) is 3. The lowest BCUT2D eigenvalue weighted by molar-refractivity contribution is 0.392. The predicted octanol–water partition coefficient (Wildman–Crippen LogP) is 6.26. The van der Waals surface area contributed by atoms with Gasteiger partial charge in [-0.05, 0) is 85.4 Å². The lowest BCUT2D eigenvalue weighted by Gasteiger charge is -2.29. The first kappa shape index (κ1) is 18.6. The Kier molecular flexibility index (Phi) is 4.61. The third-order valence-electron chi connectivity index (χ3n) is 6.93. The van der Waals surface area contributed by atoms with Gasteiger partial charge in [0, 0.05) is 11.0 Å².